The first-order valence-electron chi connectivity index (χ1n) is 10.4. The zero-order valence-electron chi connectivity index (χ0n) is 18.0. The van der Waals surface area contributed by atoms with Crippen molar-refractivity contribution in [2.75, 3.05) is 22.7 Å². The lowest BCUT2D eigenvalue weighted by Gasteiger charge is -2.36. The van der Waals surface area contributed by atoms with Gasteiger partial charge in [-0.2, -0.15) is 0 Å². The molecular weight excluding hydrogens is 448 g/mol. The Bertz CT molecular complexity index is 1280. The van der Waals surface area contributed by atoms with Gasteiger partial charge in [-0.25, -0.2) is 22.0 Å². The highest BCUT2D eigenvalue weighted by atomic mass is 32.2. The summed E-state index contributed by atoms with van der Waals surface area (Å²) >= 11 is 0. The number of rotatable bonds is 6. The number of halogens is 2. The zero-order valence-corrected chi connectivity index (χ0v) is 18.8. The highest BCUT2D eigenvalue weighted by molar-refractivity contribution is 7.92. The molecule has 33 heavy (non-hydrogen) atoms. The summed E-state index contributed by atoms with van der Waals surface area (Å²) in [5.74, 6) is -1.91. The van der Waals surface area contributed by atoms with Crippen LogP contribution >= 0.6 is 0 Å². The number of hydrogen-bond donors (Lipinski definition) is 1. The number of anilines is 2. The van der Waals surface area contributed by atoms with E-state index in [0.717, 1.165) is 17.7 Å². The van der Waals surface area contributed by atoms with E-state index in [1.165, 1.54) is 28.0 Å². The molecule has 3 aromatic rings. The molecule has 1 aliphatic heterocycles. The molecule has 0 unspecified atom stereocenters. The van der Waals surface area contributed by atoms with Gasteiger partial charge in [0.15, 0.2) is 11.6 Å². The molecule has 6 nitrogen and oxygen atoms in total. The number of benzene rings is 3. The molecule has 0 aliphatic carbocycles. The topological polar surface area (TPSA) is 69.7 Å². The highest BCUT2D eigenvalue weighted by Gasteiger charge is 2.29. The van der Waals surface area contributed by atoms with Crippen molar-refractivity contribution in [3.8, 4) is 0 Å². The summed E-state index contributed by atoms with van der Waals surface area (Å²) in [5, 5.41) is 0. The monoisotopic (exact) mass is 471 g/mol. The molecule has 172 valence electrons. The predicted molar refractivity (Wildman–Crippen MR) is 123 cm³/mol. The minimum absolute atomic E-state index is 0.113. The second-order valence-corrected chi connectivity index (χ2v) is 9.58. The van der Waals surface area contributed by atoms with Crippen LogP contribution in [0.1, 0.15) is 17.5 Å². The van der Waals surface area contributed by atoms with E-state index in [4.69, 9.17) is 0 Å². The maximum atomic E-state index is 13.6. The van der Waals surface area contributed by atoms with Gasteiger partial charge in [-0.05, 0) is 60.9 Å². The molecule has 1 fully saturated rings. The van der Waals surface area contributed by atoms with Gasteiger partial charge in [-0.15, -0.1) is 0 Å². The maximum absolute atomic E-state index is 13.6. The van der Waals surface area contributed by atoms with Crippen LogP contribution in [-0.2, 0) is 16.6 Å². The number of sulfonamides is 1. The molecule has 0 spiro atoms. The van der Waals surface area contributed by atoms with Gasteiger partial charge in [0.05, 0.1) is 16.3 Å². The van der Waals surface area contributed by atoms with Crippen LogP contribution in [0.15, 0.2) is 71.6 Å². The van der Waals surface area contributed by atoms with E-state index in [9.17, 15) is 22.0 Å². The summed E-state index contributed by atoms with van der Waals surface area (Å²) in [4.78, 5) is 16.4. The lowest BCUT2D eigenvalue weighted by Crippen LogP contribution is -2.49. The number of nitrogens with one attached hydrogen (secondary N) is 1. The quantitative estimate of drug-likeness (QED) is 0.556. The van der Waals surface area contributed by atoms with Gasteiger partial charge in [-0.3, -0.25) is 9.62 Å². The first kappa shape index (κ1) is 22.7. The molecule has 0 radical (unpaired) electrons. The molecule has 1 aliphatic rings. The number of urea groups is 1. The summed E-state index contributed by atoms with van der Waals surface area (Å²) in [6.45, 7) is 2.79. The summed E-state index contributed by atoms with van der Waals surface area (Å²) in [5.41, 5.74) is 2.02. The average molecular weight is 472 g/mol. The third-order valence-corrected chi connectivity index (χ3v) is 6.79. The standard InChI is InChI=1S/C24H23F2N3O3S/c1-17-8-11-23(22(14-17)27-33(31,32)19-6-3-2-4-7-19)29-13-5-12-28(24(29)30)16-18-9-10-20(25)21(26)15-18/h2-4,6-11,14-15,27H,5,12-13,16H2,1H3. The van der Waals surface area contributed by atoms with Crippen molar-refractivity contribution >= 4 is 27.4 Å². The third kappa shape index (κ3) is 4.98. The number of hydrogen-bond acceptors (Lipinski definition) is 3. The Kier molecular flexibility index (Phi) is 6.33. The van der Waals surface area contributed by atoms with Gasteiger partial charge in [0.25, 0.3) is 10.0 Å². The fraction of sp³-hybridized carbons (Fsp3) is 0.208. The molecule has 0 atom stereocenters. The van der Waals surface area contributed by atoms with Crippen LogP contribution in [0.4, 0.5) is 25.0 Å². The van der Waals surface area contributed by atoms with E-state index < -0.39 is 21.7 Å². The molecule has 3 aromatic carbocycles. The van der Waals surface area contributed by atoms with Crippen LogP contribution in [0.25, 0.3) is 0 Å². The summed E-state index contributed by atoms with van der Waals surface area (Å²) in [6, 6.07) is 16.4. The van der Waals surface area contributed by atoms with E-state index in [1.54, 1.807) is 36.4 Å². The minimum atomic E-state index is -3.86. The molecule has 0 saturated carbocycles. The maximum Gasteiger partial charge on any atom is 0.324 e. The molecule has 4 rings (SSSR count). The Morgan fingerprint density at radius 1 is 0.939 bits per heavy atom. The lowest BCUT2D eigenvalue weighted by molar-refractivity contribution is 0.192. The average Bonchev–Trinajstić information content (AvgIpc) is 2.79. The van der Waals surface area contributed by atoms with Crippen molar-refractivity contribution < 1.29 is 22.0 Å². The lowest BCUT2D eigenvalue weighted by atomic mass is 10.1. The summed E-state index contributed by atoms with van der Waals surface area (Å²) < 4.78 is 55.3. The Labute approximate surface area is 191 Å². The van der Waals surface area contributed by atoms with Gasteiger partial charge in [0.2, 0.25) is 0 Å². The number of amides is 2. The Morgan fingerprint density at radius 2 is 1.70 bits per heavy atom. The van der Waals surface area contributed by atoms with Gasteiger partial charge in [0, 0.05) is 19.6 Å². The van der Waals surface area contributed by atoms with E-state index in [1.807, 2.05) is 6.92 Å². The van der Waals surface area contributed by atoms with E-state index in [0.29, 0.717) is 36.4 Å². The van der Waals surface area contributed by atoms with E-state index in [-0.39, 0.29) is 17.5 Å². The van der Waals surface area contributed by atoms with Crippen LogP contribution in [0.5, 0.6) is 0 Å². The molecule has 9 heteroatoms. The Hall–Kier alpha value is -3.46. The van der Waals surface area contributed by atoms with Crippen molar-refractivity contribution in [2.45, 2.75) is 24.8 Å². The number of carbonyl (C=O) groups excluding carboxylic acids is 1. The third-order valence-electron chi connectivity index (χ3n) is 5.41. The number of nitrogens with zero attached hydrogens (tertiary/aromatic N) is 2. The first-order chi connectivity index (χ1) is 15.7. The smallest absolute Gasteiger partial charge is 0.320 e. The molecule has 2 amide bonds. The van der Waals surface area contributed by atoms with Crippen LogP contribution in [0, 0.1) is 18.6 Å². The van der Waals surface area contributed by atoms with Crippen LogP contribution in [0.2, 0.25) is 0 Å². The number of aryl methyl sites for hydroxylation is 1. The molecular formula is C24H23F2N3O3S. The van der Waals surface area contributed by atoms with Crippen molar-refractivity contribution in [3.63, 3.8) is 0 Å². The molecule has 0 aromatic heterocycles. The number of carbonyl (C=O) groups is 1. The molecule has 1 N–H and O–H groups in total. The Balaban J connectivity index is 1.61. The van der Waals surface area contributed by atoms with Gasteiger partial charge in [-0.1, -0.05) is 30.3 Å². The minimum Gasteiger partial charge on any atom is -0.320 e. The van der Waals surface area contributed by atoms with Gasteiger partial charge in [0.1, 0.15) is 0 Å². The van der Waals surface area contributed by atoms with Gasteiger partial charge < -0.3 is 4.90 Å². The Morgan fingerprint density at radius 3 is 2.42 bits per heavy atom. The summed E-state index contributed by atoms with van der Waals surface area (Å²) in [6.07, 6.45) is 0.633. The van der Waals surface area contributed by atoms with E-state index in [2.05, 4.69) is 4.72 Å². The van der Waals surface area contributed by atoms with Crippen LogP contribution in [-0.4, -0.2) is 32.4 Å². The molecule has 0 bridgehead atoms. The van der Waals surface area contributed by atoms with Crippen molar-refractivity contribution in [1.29, 1.82) is 0 Å². The molecule has 1 saturated heterocycles. The molecule has 1 heterocycles. The first-order valence-corrected chi connectivity index (χ1v) is 11.9. The van der Waals surface area contributed by atoms with Crippen molar-refractivity contribution in [2.24, 2.45) is 0 Å². The van der Waals surface area contributed by atoms with Crippen LogP contribution < -0.4 is 9.62 Å². The predicted octanol–water partition coefficient (Wildman–Crippen LogP) is 4.91. The fourth-order valence-corrected chi connectivity index (χ4v) is 4.87. The second-order valence-electron chi connectivity index (χ2n) is 7.90. The van der Waals surface area contributed by atoms with Gasteiger partial charge >= 0.3 is 6.03 Å². The van der Waals surface area contributed by atoms with Crippen LogP contribution in [0.3, 0.4) is 0 Å². The second kappa shape index (κ2) is 9.19. The fourth-order valence-electron chi connectivity index (χ4n) is 3.78. The normalized spacial score (nSPS) is 14.5. The zero-order chi connectivity index (χ0) is 23.6. The van der Waals surface area contributed by atoms with Crippen molar-refractivity contribution in [1.82, 2.24) is 4.90 Å². The van der Waals surface area contributed by atoms with Crippen molar-refractivity contribution in [3.05, 3.63) is 89.5 Å². The highest BCUT2D eigenvalue weighted by Crippen LogP contribution is 2.32. The summed E-state index contributed by atoms with van der Waals surface area (Å²) in [7, 11) is -3.86. The largest absolute Gasteiger partial charge is 0.324 e. The van der Waals surface area contributed by atoms with E-state index >= 15 is 0 Å². The SMILES string of the molecule is Cc1ccc(N2CCCN(Cc3ccc(F)c(F)c3)C2=O)c(NS(=O)(=O)c2ccccc2)c1.